The van der Waals surface area contributed by atoms with Crippen LogP contribution in [-0.2, 0) is 10.7 Å². The molecule has 0 saturated carbocycles. The second-order valence-corrected chi connectivity index (χ2v) is 4.89. The van der Waals surface area contributed by atoms with Crippen molar-refractivity contribution in [1.82, 2.24) is 0 Å². The van der Waals surface area contributed by atoms with E-state index in [4.69, 9.17) is 4.74 Å². The predicted molar refractivity (Wildman–Crippen MR) is 68.8 cm³/mol. The van der Waals surface area contributed by atoms with Gasteiger partial charge in [-0.05, 0) is 48.5 Å². The van der Waals surface area contributed by atoms with Gasteiger partial charge in [0, 0.05) is 4.90 Å². The van der Waals surface area contributed by atoms with Gasteiger partial charge in [-0.1, -0.05) is 0 Å². The van der Waals surface area contributed by atoms with Crippen LogP contribution in [-0.4, -0.2) is 8.42 Å². The minimum Gasteiger partial charge on any atom is -0.457 e. The summed E-state index contributed by atoms with van der Waals surface area (Å²) in [4.78, 5) is 1.13. The van der Waals surface area contributed by atoms with Crippen molar-refractivity contribution in [3.8, 4) is 11.5 Å². The molecule has 0 radical (unpaired) electrons. The number of rotatable bonds is 3. The maximum Gasteiger partial charge on any atom is 0.168 e. The van der Waals surface area contributed by atoms with Gasteiger partial charge in [0.2, 0.25) is 0 Å². The van der Waals surface area contributed by atoms with Gasteiger partial charge < -0.3 is 4.74 Å². The molecule has 2 aromatic carbocycles. The lowest BCUT2D eigenvalue weighted by Crippen LogP contribution is -1.85. The summed E-state index contributed by atoms with van der Waals surface area (Å²) in [5, 5.41) is 0. The van der Waals surface area contributed by atoms with Gasteiger partial charge in [0.25, 0.3) is 0 Å². The molecule has 0 unspecified atom stereocenters. The normalized spacial score (nSPS) is 10.5. The maximum absolute atomic E-state index is 10.7. The smallest absolute Gasteiger partial charge is 0.168 e. The van der Waals surface area contributed by atoms with Crippen molar-refractivity contribution in [1.29, 1.82) is 0 Å². The number of ether oxygens (including phenoxy) is 1. The van der Waals surface area contributed by atoms with Crippen LogP contribution in [0.3, 0.4) is 0 Å². The van der Waals surface area contributed by atoms with Crippen LogP contribution in [0.1, 0.15) is 0 Å². The molecule has 0 fully saturated rings. The third-order valence-corrected chi connectivity index (χ3v) is 3.14. The van der Waals surface area contributed by atoms with Crippen LogP contribution in [0.25, 0.3) is 0 Å². The molecule has 0 bridgehead atoms. The molecule has 0 heterocycles. The summed E-state index contributed by atoms with van der Waals surface area (Å²) in [7, 11) is -2.54. The van der Waals surface area contributed by atoms with Crippen molar-refractivity contribution in [2.75, 3.05) is 0 Å². The van der Waals surface area contributed by atoms with Crippen molar-refractivity contribution in [3.63, 3.8) is 0 Å². The number of thiol groups is 2. The van der Waals surface area contributed by atoms with E-state index in [2.05, 4.69) is 12.6 Å². The zero-order valence-electron chi connectivity index (χ0n) is 8.74. The molecule has 0 spiro atoms. The van der Waals surface area contributed by atoms with Gasteiger partial charge in [0.1, 0.15) is 11.5 Å². The molecule has 17 heavy (non-hydrogen) atoms. The summed E-state index contributed by atoms with van der Waals surface area (Å²) in [5.41, 5.74) is 0. The lowest BCUT2D eigenvalue weighted by Gasteiger charge is -2.05. The molecule has 88 valence electrons. The lowest BCUT2D eigenvalue weighted by atomic mass is 10.3. The minimum atomic E-state index is -2.54. The van der Waals surface area contributed by atoms with Gasteiger partial charge in [0.15, 0.2) is 10.7 Å². The SMILES string of the molecule is O=[SH](=O)c1ccc(Oc2ccc(S)cc2)cc1. The molecule has 0 atom stereocenters. The highest BCUT2D eigenvalue weighted by atomic mass is 32.2. The van der Waals surface area contributed by atoms with Gasteiger partial charge in [0.05, 0.1) is 4.90 Å². The number of hydrogen-bond acceptors (Lipinski definition) is 4. The van der Waals surface area contributed by atoms with Crippen LogP contribution < -0.4 is 4.74 Å². The van der Waals surface area contributed by atoms with Gasteiger partial charge in [-0.3, -0.25) is 0 Å². The van der Waals surface area contributed by atoms with Crippen molar-refractivity contribution in [3.05, 3.63) is 48.5 Å². The van der Waals surface area contributed by atoms with Crippen LogP contribution in [0.5, 0.6) is 11.5 Å². The first-order chi connectivity index (χ1) is 8.15. The van der Waals surface area contributed by atoms with Gasteiger partial charge in [-0.25, -0.2) is 8.42 Å². The Kier molecular flexibility index (Phi) is 3.71. The molecule has 0 amide bonds. The average molecular weight is 266 g/mol. The summed E-state index contributed by atoms with van der Waals surface area (Å²) < 4.78 is 26.9. The Morgan fingerprint density at radius 2 is 1.29 bits per heavy atom. The molecular weight excluding hydrogens is 256 g/mol. The summed E-state index contributed by atoms with van der Waals surface area (Å²) >= 11 is 4.17. The second-order valence-electron chi connectivity index (χ2n) is 3.35. The zero-order valence-corrected chi connectivity index (χ0v) is 10.5. The van der Waals surface area contributed by atoms with Crippen LogP contribution in [0.2, 0.25) is 0 Å². The van der Waals surface area contributed by atoms with E-state index < -0.39 is 10.7 Å². The number of benzene rings is 2. The fraction of sp³-hybridized carbons (Fsp3) is 0. The van der Waals surface area contributed by atoms with Crippen molar-refractivity contribution in [2.45, 2.75) is 9.79 Å². The highest BCUT2D eigenvalue weighted by Crippen LogP contribution is 2.22. The van der Waals surface area contributed by atoms with E-state index in [1.54, 1.807) is 24.3 Å². The monoisotopic (exact) mass is 266 g/mol. The Labute approximate surface area is 106 Å². The minimum absolute atomic E-state index is 0.276. The summed E-state index contributed by atoms with van der Waals surface area (Å²) in [6.07, 6.45) is 0. The van der Waals surface area contributed by atoms with Crippen molar-refractivity contribution >= 4 is 23.3 Å². The quantitative estimate of drug-likeness (QED) is 0.840. The van der Waals surface area contributed by atoms with E-state index in [1.165, 1.54) is 12.1 Å². The van der Waals surface area contributed by atoms with E-state index in [0.717, 1.165) is 4.90 Å². The van der Waals surface area contributed by atoms with Crippen LogP contribution in [0.4, 0.5) is 0 Å². The molecule has 0 saturated heterocycles. The average Bonchev–Trinajstić information content (AvgIpc) is 2.33. The van der Waals surface area contributed by atoms with E-state index in [0.29, 0.717) is 11.5 Å². The van der Waals surface area contributed by atoms with Crippen LogP contribution in [0, 0.1) is 0 Å². The summed E-state index contributed by atoms with van der Waals surface area (Å²) in [5.74, 6) is 1.28. The van der Waals surface area contributed by atoms with Crippen LogP contribution in [0.15, 0.2) is 58.3 Å². The molecule has 3 nitrogen and oxygen atoms in total. The molecule has 0 N–H and O–H groups in total. The molecule has 0 aliphatic rings. The molecule has 2 aromatic rings. The molecular formula is C12H10O3S2. The van der Waals surface area contributed by atoms with Crippen LogP contribution >= 0.6 is 12.6 Å². The lowest BCUT2D eigenvalue weighted by molar-refractivity contribution is 0.482. The van der Waals surface area contributed by atoms with Crippen molar-refractivity contribution < 1.29 is 13.2 Å². The third-order valence-electron chi connectivity index (χ3n) is 2.12. The highest BCUT2D eigenvalue weighted by molar-refractivity contribution is 7.80. The van der Waals surface area contributed by atoms with E-state index in [1.807, 2.05) is 12.1 Å². The Morgan fingerprint density at radius 3 is 1.76 bits per heavy atom. The van der Waals surface area contributed by atoms with E-state index >= 15 is 0 Å². The Hall–Kier alpha value is -1.46. The molecule has 5 heteroatoms. The zero-order chi connectivity index (χ0) is 12.3. The Morgan fingerprint density at radius 1 is 0.824 bits per heavy atom. The topological polar surface area (TPSA) is 43.4 Å². The Bertz CT molecular complexity index is 564. The molecule has 0 aliphatic carbocycles. The summed E-state index contributed by atoms with van der Waals surface area (Å²) in [6, 6.07) is 13.5. The van der Waals surface area contributed by atoms with Gasteiger partial charge in [-0.2, -0.15) is 0 Å². The summed E-state index contributed by atoms with van der Waals surface area (Å²) in [6.45, 7) is 0. The Balaban J connectivity index is 2.16. The fourth-order valence-corrected chi connectivity index (χ4v) is 1.83. The van der Waals surface area contributed by atoms with Gasteiger partial charge in [-0.15, -0.1) is 12.6 Å². The first kappa shape index (κ1) is 12.0. The maximum atomic E-state index is 10.7. The third kappa shape index (κ3) is 3.25. The largest absolute Gasteiger partial charge is 0.457 e. The van der Waals surface area contributed by atoms with Crippen molar-refractivity contribution in [2.24, 2.45) is 0 Å². The number of hydrogen-bond donors (Lipinski definition) is 2. The highest BCUT2D eigenvalue weighted by Gasteiger charge is 1.98. The molecule has 0 aliphatic heterocycles. The first-order valence-corrected chi connectivity index (χ1v) is 6.49. The fourth-order valence-electron chi connectivity index (χ4n) is 1.29. The second kappa shape index (κ2) is 5.25. The standard InChI is InChI=1S/C12H10O3S2/c13-17(14)12-7-3-10(4-8-12)15-9-1-5-11(16)6-2-9/h1-8,16-17H. The van der Waals surface area contributed by atoms with E-state index in [9.17, 15) is 8.42 Å². The predicted octanol–water partition coefficient (Wildman–Crippen LogP) is 2.74. The molecule has 2 rings (SSSR count). The van der Waals surface area contributed by atoms with Gasteiger partial charge >= 0.3 is 0 Å². The van der Waals surface area contributed by atoms with E-state index in [-0.39, 0.29) is 4.90 Å². The molecule has 0 aromatic heterocycles. The first-order valence-electron chi connectivity index (χ1n) is 4.86.